The summed E-state index contributed by atoms with van der Waals surface area (Å²) in [4.78, 5) is 48.5. The van der Waals surface area contributed by atoms with Gasteiger partial charge in [0.15, 0.2) is 42.1 Å². The van der Waals surface area contributed by atoms with Crippen molar-refractivity contribution in [1.29, 1.82) is 0 Å². The van der Waals surface area contributed by atoms with E-state index in [1.807, 2.05) is 0 Å². The van der Waals surface area contributed by atoms with E-state index in [2.05, 4.69) is 15.0 Å². The highest BCUT2D eigenvalue weighted by molar-refractivity contribution is 5.77. The van der Waals surface area contributed by atoms with Crippen LogP contribution in [-0.2, 0) is 23.9 Å². The predicted octanol–water partition coefficient (Wildman–Crippen LogP) is 4.62. The molecule has 3 aromatic carbocycles. The molecule has 0 fully saturated rings. The lowest BCUT2D eigenvalue weighted by Gasteiger charge is -2.15. The van der Waals surface area contributed by atoms with Crippen molar-refractivity contribution in [2.75, 3.05) is 13.2 Å². The van der Waals surface area contributed by atoms with Gasteiger partial charge in [-0.15, -0.1) is 0 Å². The first-order valence-electron chi connectivity index (χ1n) is 15.0. The van der Waals surface area contributed by atoms with E-state index < -0.39 is 30.3 Å². The average Bonchev–Trinajstić information content (AvgIpc) is 3.04. The van der Waals surface area contributed by atoms with Crippen LogP contribution in [0.5, 0.6) is 34.5 Å². The maximum absolute atomic E-state index is 12.0. The number of aromatic nitrogens is 3. The number of rotatable bonds is 14. The Morgan fingerprint density at radius 1 is 0.625 bits per heavy atom. The Kier molecular flexibility index (Phi) is 11.3. The van der Waals surface area contributed by atoms with Gasteiger partial charge in [-0.05, 0) is 71.0 Å². The van der Waals surface area contributed by atoms with Crippen molar-refractivity contribution in [1.82, 2.24) is 15.0 Å². The first-order valence-corrected chi connectivity index (χ1v) is 15.0. The van der Waals surface area contributed by atoms with Gasteiger partial charge in [-0.3, -0.25) is 4.79 Å². The van der Waals surface area contributed by atoms with Gasteiger partial charge in [-0.25, -0.2) is 24.5 Å². The number of aldehydes is 1. The van der Waals surface area contributed by atoms with Gasteiger partial charge in [0.1, 0.15) is 34.5 Å². The van der Waals surface area contributed by atoms with Crippen LogP contribution in [0.4, 0.5) is 0 Å². The van der Waals surface area contributed by atoms with Crippen molar-refractivity contribution in [3.8, 4) is 68.7 Å². The number of ether oxygens (including phenoxy) is 5. The Balaban J connectivity index is 1.77. The summed E-state index contributed by atoms with van der Waals surface area (Å²) < 4.78 is 26.6. The molecule has 0 aliphatic rings. The second-order valence-electron chi connectivity index (χ2n) is 10.3. The zero-order valence-corrected chi connectivity index (χ0v) is 26.9. The van der Waals surface area contributed by atoms with Crippen molar-refractivity contribution in [2.24, 2.45) is 0 Å². The molecular weight excluding hydrogens is 626 g/mol. The second kappa shape index (κ2) is 15.6. The van der Waals surface area contributed by atoms with Crippen LogP contribution in [0, 0.1) is 0 Å². The number of phenols is 3. The summed E-state index contributed by atoms with van der Waals surface area (Å²) in [6, 6.07) is 12.8. The molecule has 0 saturated carbocycles. The quantitative estimate of drug-likeness (QED) is 0.125. The van der Waals surface area contributed by atoms with Gasteiger partial charge in [0.05, 0.1) is 29.9 Å². The molecule has 3 atom stereocenters. The third-order valence-electron chi connectivity index (χ3n) is 6.64. The molecule has 0 radical (unpaired) electrons. The molecule has 0 aliphatic carbocycles. The minimum absolute atomic E-state index is 0.0335. The van der Waals surface area contributed by atoms with Crippen LogP contribution in [0.25, 0.3) is 34.2 Å². The predicted molar refractivity (Wildman–Crippen MR) is 171 cm³/mol. The summed E-state index contributed by atoms with van der Waals surface area (Å²) in [5, 5.41) is 32.9. The van der Waals surface area contributed by atoms with Gasteiger partial charge < -0.3 is 39.0 Å². The van der Waals surface area contributed by atoms with Crippen LogP contribution in [0.3, 0.4) is 0 Å². The van der Waals surface area contributed by atoms with Crippen LogP contribution in [0.2, 0.25) is 0 Å². The van der Waals surface area contributed by atoms with E-state index in [0.717, 1.165) is 0 Å². The highest BCUT2D eigenvalue weighted by atomic mass is 16.6. The molecule has 48 heavy (non-hydrogen) atoms. The summed E-state index contributed by atoms with van der Waals surface area (Å²) in [6.45, 7) is 8.28. The van der Waals surface area contributed by atoms with Gasteiger partial charge in [0.2, 0.25) is 0 Å². The molecule has 14 nitrogen and oxygen atoms in total. The van der Waals surface area contributed by atoms with Crippen molar-refractivity contribution >= 4 is 18.2 Å². The highest BCUT2D eigenvalue weighted by Crippen LogP contribution is 2.38. The minimum atomic E-state index is -0.940. The van der Waals surface area contributed by atoms with E-state index in [1.165, 1.54) is 68.4 Å². The fourth-order valence-corrected chi connectivity index (χ4v) is 4.32. The molecule has 3 unspecified atom stereocenters. The van der Waals surface area contributed by atoms with Gasteiger partial charge in [0.25, 0.3) is 0 Å². The third kappa shape index (κ3) is 8.46. The van der Waals surface area contributed by atoms with Crippen molar-refractivity contribution < 1.29 is 53.4 Å². The van der Waals surface area contributed by atoms with Crippen molar-refractivity contribution in [2.45, 2.75) is 52.9 Å². The number of benzene rings is 3. The number of nitrogens with zero attached hydrogens (tertiary/aromatic N) is 3. The van der Waals surface area contributed by atoms with Crippen LogP contribution >= 0.6 is 0 Å². The highest BCUT2D eigenvalue weighted by Gasteiger charge is 2.22. The van der Waals surface area contributed by atoms with E-state index in [-0.39, 0.29) is 81.9 Å². The molecule has 0 amide bonds. The monoisotopic (exact) mass is 661 g/mol. The Bertz CT molecular complexity index is 1700. The molecule has 0 spiro atoms. The minimum Gasteiger partial charge on any atom is -0.507 e. The lowest BCUT2D eigenvalue weighted by atomic mass is 10.1. The zero-order chi connectivity index (χ0) is 35.0. The number of esters is 2. The first kappa shape index (κ1) is 34.9. The molecule has 14 heteroatoms. The molecule has 0 bridgehead atoms. The normalized spacial score (nSPS) is 12.7. The van der Waals surface area contributed by atoms with Crippen LogP contribution in [0.15, 0.2) is 54.6 Å². The largest absolute Gasteiger partial charge is 0.507 e. The Hall–Kier alpha value is -5.92. The van der Waals surface area contributed by atoms with E-state index in [1.54, 1.807) is 20.8 Å². The van der Waals surface area contributed by atoms with Crippen LogP contribution < -0.4 is 14.2 Å². The van der Waals surface area contributed by atoms with Crippen LogP contribution in [-0.4, -0.2) is 80.0 Å². The molecule has 4 rings (SSSR count). The number of aromatic hydroxyl groups is 3. The lowest BCUT2D eigenvalue weighted by molar-refractivity contribution is -0.151. The number of carbonyl (C=O) groups excluding carboxylic acids is 3. The Morgan fingerprint density at radius 2 is 0.958 bits per heavy atom. The topological polar surface area (TPSA) is 197 Å². The van der Waals surface area contributed by atoms with E-state index in [9.17, 15) is 29.7 Å². The van der Waals surface area contributed by atoms with Gasteiger partial charge >= 0.3 is 11.9 Å². The third-order valence-corrected chi connectivity index (χ3v) is 6.64. The molecule has 4 aromatic rings. The van der Waals surface area contributed by atoms with Gasteiger partial charge in [-0.2, -0.15) is 0 Å². The standard InChI is InChI=1S/C34H35N3O11/c1-6-44-33(42)19(4)47-22-9-12-25(28(40)15-22)31-35-30(24-11-8-21(14-27(24)39)46-18(3)17-38)36-32(37-31)26-13-10-23(16-29(26)41)48-20(5)34(43)45-7-2/h8-20,39-41H,6-7H2,1-5H3. The van der Waals surface area contributed by atoms with E-state index in [0.29, 0.717) is 6.29 Å². The summed E-state index contributed by atoms with van der Waals surface area (Å²) >= 11 is 0. The molecule has 0 aliphatic heterocycles. The van der Waals surface area contributed by atoms with Crippen molar-refractivity contribution in [3.63, 3.8) is 0 Å². The SMILES string of the molecule is CCOC(=O)C(C)Oc1ccc(-c2nc(-c3ccc(OC(C)C=O)cc3O)nc(-c3ccc(OC(C)C(=O)OCC)cc3O)n2)c(O)c1. The Morgan fingerprint density at radius 3 is 1.25 bits per heavy atom. The summed E-state index contributed by atoms with van der Waals surface area (Å²) in [6.07, 6.45) is -2.03. The van der Waals surface area contributed by atoms with E-state index >= 15 is 0 Å². The Labute approximate surface area is 275 Å². The number of phenolic OH excluding ortho intramolecular Hbond substituents is 3. The maximum Gasteiger partial charge on any atom is 0.347 e. The van der Waals surface area contributed by atoms with Gasteiger partial charge in [0, 0.05) is 18.2 Å². The van der Waals surface area contributed by atoms with Crippen LogP contribution in [0.1, 0.15) is 34.6 Å². The molecule has 252 valence electrons. The summed E-state index contributed by atoms with van der Waals surface area (Å²) in [5.74, 6) is -1.57. The molecule has 3 N–H and O–H groups in total. The second-order valence-corrected chi connectivity index (χ2v) is 10.3. The summed E-state index contributed by atoms with van der Waals surface area (Å²) in [7, 11) is 0. The fourth-order valence-electron chi connectivity index (χ4n) is 4.32. The molecule has 1 heterocycles. The molecule has 0 saturated heterocycles. The molecule has 1 aromatic heterocycles. The average molecular weight is 662 g/mol. The molecular formula is C34H35N3O11. The number of hydrogen-bond acceptors (Lipinski definition) is 14. The number of hydrogen-bond donors (Lipinski definition) is 3. The summed E-state index contributed by atoms with van der Waals surface area (Å²) in [5.41, 5.74) is 0.424. The van der Waals surface area contributed by atoms with E-state index in [4.69, 9.17) is 23.7 Å². The fraction of sp³-hybridized carbons (Fsp3) is 0.294. The zero-order valence-electron chi connectivity index (χ0n) is 26.9. The maximum atomic E-state index is 12.0. The van der Waals surface area contributed by atoms with Gasteiger partial charge in [-0.1, -0.05) is 0 Å². The smallest absolute Gasteiger partial charge is 0.347 e. The first-order chi connectivity index (χ1) is 22.9. The lowest BCUT2D eigenvalue weighted by Crippen LogP contribution is -2.26. The van der Waals surface area contributed by atoms with Crippen molar-refractivity contribution in [3.05, 3.63) is 54.6 Å². The number of carbonyl (C=O) groups is 3.